The second kappa shape index (κ2) is 9.62. The van der Waals surface area contributed by atoms with Crippen molar-refractivity contribution < 1.29 is 33.8 Å². The van der Waals surface area contributed by atoms with E-state index < -0.39 is 23.8 Å². The number of carboxylic acid groups (broad SMARTS) is 1. The van der Waals surface area contributed by atoms with Crippen LogP contribution in [0.3, 0.4) is 0 Å². The molecule has 0 unspecified atom stereocenters. The van der Waals surface area contributed by atoms with Crippen molar-refractivity contribution >= 4 is 23.8 Å². The van der Waals surface area contributed by atoms with Gasteiger partial charge in [0, 0.05) is 12.2 Å². The highest BCUT2D eigenvalue weighted by Gasteiger charge is 2.07. The lowest BCUT2D eigenvalue weighted by atomic mass is 10.2. The van der Waals surface area contributed by atoms with Gasteiger partial charge < -0.3 is 14.6 Å². The minimum atomic E-state index is -1.29. The Morgan fingerprint density at radius 1 is 1.08 bits per heavy atom. The van der Waals surface area contributed by atoms with Crippen LogP contribution in [0, 0.1) is 0 Å². The number of carbonyl (C=O) groups excluding carboxylic acids is 3. The van der Waals surface area contributed by atoms with Gasteiger partial charge in [0.05, 0.1) is 12.2 Å². The molecule has 0 saturated heterocycles. The van der Waals surface area contributed by atoms with E-state index in [4.69, 9.17) is 14.6 Å². The molecule has 9 heteroatoms. The van der Waals surface area contributed by atoms with E-state index in [0.717, 1.165) is 6.08 Å². The number of aliphatic carboxylic acids is 1. The van der Waals surface area contributed by atoms with E-state index in [2.05, 4.69) is 0 Å². The molecule has 3 N–H and O–H groups in total. The van der Waals surface area contributed by atoms with Gasteiger partial charge in [-0.15, -0.1) is 0 Å². The zero-order valence-electron chi connectivity index (χ0n) is 12.8. The summed E-state index contributed by atoms with van der Waals surface area (Å²) >= 11 is 0. The number of ether oxygens (including phenoxy) is 2. The summed E-state index contributed by atoms with van der Waals surface area (Å²) in [6.07, 6.45) is 1.38. The summed E-state index contributed by atoms with van der Waals surface area (Å²) < 4.78 is 9.99. The highest BCUT2D eigenvalue weighted by molar-refractivity contribution is 5.94. The van der Waals surface area contributed by atoms with Gasteiger partial charge >= 0.3 is 11.9 Å². The molecule has 0 aliphatic heterocycles. The van der Waals surface area contributed by atoms with Crippen molar-refractivity contribution in [1.82, 2.24) is 10.9 Å². The average Bonchev–Trinajstić information content (AvgIpc) is 2.56. The summed E-state index contributed by atoms with van der Waals surface area (Å²) in [4.78, 5) is 44.2. The molecule has 0 radical (unpaired) electrons. The Labute approximate surface area is 137 Å². The molecule has 24 heavy (non-hydrogen) atoms. The summed E-state index contributed by atoms with van der Waals surface area (Å²) in [5.41, 5.74) is 4.38. The van der Waals surface area contributed by atoms with Gasteiger partial charge in [0.2, 0.25) is 0 Å². The van der Waals surface area contributed by atoms with Gasteiger partial charge in [-0.1, -0.05) is 0 Å². The fourth-order valence-corrected chi connectivity index (χ4v) is 1.41. The molecule has 0 aliphatic carbocycles. The largest absolute Gasteiger partial charge is 0.484 e. The number of nitrogens with one attached hydrogen (secondary N) is 2. The predicted molar refractivity (Wildman–Crippen MR) is 81.0 cm³/mol. The van der Waals surface area contributed by atoms with E-state index in [0.29, 0.717) is 17.4 Å². The first-order valence-electron chi connectivity index (χ1n) is 6.82. The molecule has 1 aromatic rings. The Morgan fingerprint density at radius 3 is 2.33 bits per heavy atom. The van der Waals surface area contributed by atoms with Crippen LogP contribution in [0.25, 0.3) is 0 Å². The van der Waals surface area contributed by atoms with E-state index in [-0.39, 0.29) is 13.2 Å². The van der Waals surface area contributed by atoms with Gasteiger partial charge in [-0.25, -0.2) is 9.59 Å². The van der Waals surface area contributed by atoms with Crippen molar-refractivity contribution in [2.45, 2.75) is 6.92 Å². The smallest absolute Gasteiger partial charge is 0.338 e. The van der Waals surface area contributed by atoms with Crippen molar-refractivity contribution in [3.63, 3.8) is 0 Å². The number of rotatable bonds is 7. The Bertz CT molecular complexity index is 638. The lowest BCUT2D eigenvalue weighted by Gasteiger charge is -2.08. The van der Waals surface area contributed by atoms with Crippen LogP contribution in [-0.4, -0.2) is 42.1 Å². The molecule has 0 atom stereocenters. The number of amides is 2. The quantitative estimate of drug-likeness (QED) is 0.364. The summed E-state index contributed by atoms with van der Waals surface area (Å²) in [5, 5.41) is 8.33. The van der Waals surface area contributed by atoms with E-state index >= 15 is 0 Å². The van der Waals surface area contributed by atoms with Gasteiger partial charge in [0.15, 0.2) is 6.61 Å². The Balaban J connectivity index is 2.38. The third-order valence-corrected chi connectivity index (χ3v) is 2.44. The molecule has 0 spiro atoms. The standard InChI is InChI=1S/C15H16N2O7/c1-2-23-15(22)10-3-5-11(6-4-10)24-9-13(19)17-16-12(18)7-8-14(20)21/h3-8H,2,9H2,1H3,(H,16,18)(H,17,19)(H,20,21). The second-order valence-corrected chi connectivity index (χ2v) is 4.24. The van der Waals surface area contributed by atoms with Crippen LogP contribution < -0.4 is 15.6 Å². The van der Waals surface area contributed by atoms with Crippen molar-refractivity contribution in [2.24, 2.45) is 0 Å². The normalized spacial score (nSPS) is 10.0. The van der Waals surface area contributed by atoms with Crippen LogP contribution in [-0.2, 0) is 19.1 Å². The van der Waals surface area contributed by atoms with E-state index in [1.54, 1.807) is 6.92 Å². The highest BCUT2D eigenvalue weighted by Crippen LogP contribution is 2.12. The van der Waals surface area contributed by atoms with Crippen molar-refractivity contribution in [3.05, 3.63) is 42.0 Å². The first kappa shape index (κ1) is 18.7. The van der Waals surface area contributed by atoms with Crippen LogP contribution in [0.1, 0.15) is 17.3 Å². The van der Waals surface area contributed by atoms with E-state index in [1.807, 2.05) is 10.9 Å². The van der Waals surface area contributed by atoms with Crippen LogP contribution in [0.5, 0.6) is 5.75 Å². The van der Waals surface area contributed by atoms with Gasteiger partial charge in [-0.3, -0.25) is 20.4 Å². The predicted octanol–water partition coefficient (Wildman–Crippen LogP) is 0.0303. The summed E-state index contributed by atoms with van der Waals surface area (Å²) in [5.74, 6) is -2.86. The van der Waals surface area contributed by atoms with Gasteiger partial charge in [-0.2, -0.15) is 0 Å². The maximum absolute atomic E-state index is 11.5. The molecule has 128 valence electrons. The molecule has 0 saturated carbocycles. The molecule has 2 amide bonds. The maximum atomic E-state index is 11.5. The van der Waals surface area contributed by atoms with Crippen molar-refractivity contribution in [1.29, 1.82) is 0 Å². The first-order chi connectivity index (χ1) is 11.4. The van der Waals surface area contributed by atoms with Crippen LogP contribution in [0.4, 0.5) is 0 Å². The zero-order valence-corrected chi connectivity index (χ0v) is 12.8. The molecule has 1 rings (SSSR count). The molecular formula is C15H16N2O7. The Morgan fingerprint density at radius 2 is 1.75 bits per heavy atom. The molecule has 0 aromatic heterocycles. The van der Waals surface area contributed by atoms with Gasteiger partial charge in [0.1, 0.15) is 5.75 Å². The van der Waals surface area contributed by atoms with Crippen LogP contribution in [0.15, 0.2) is 36.4 Å². The number of hydrogen-bond acceptors (Lipinski definition) is 6. The SMILES string of the molecule is CCOC(=O)c1ccc(OCC(=O)NNC(=O)C=CC(=O)O)cc1. The van der Waals surface area contributed by atoms with Gasteiger partial charge in [-0.05, 0) is 31.2 Å². The molecular weight excluding hydrogens is 320 g/mol. The lowest BCUT2D eigenvalue weighted by molar-refractivity contribution is -0.131. The summed E-state index contributed by atoms with van der Waals surface area (Å²) in [7, 11) is 0. The number of hydrogen-bond donors (Lipinski definition) is 3. The highest BCUT2D eigenvalue weighted by atomic mass is 16.5. The van der Waals surface area contributed by atoms with E-state index in [9.17, 15) is 19.2 Å². The number of carboxylic acids is 1. The Kier molecular flexibility index (Phi) is 7.49. The summed E-state index contributed by atoms with van der Waals surface area (Å²) in [6, 6.07) is 5.97. The van der Waals surface area contributed by atoms with Crippen LogP contribution in [0.2, 0.25) is 0 Å². The van der Waals surface area contributed by atoms with Crippen LogP contribution >= 0.6 is 0 Å². The minimum absolute atomic E-state index is 0.268. The number of hydrazine groups is 1. The summed E-state index contributed by atoms with van der Waals surface area (Å²) in [6.45, 7) is 1.58. The average molecular weight is 336 g/mol. The van der Waals surface area contributed by atoms with Crippen molar-refractivity contribution in [2.75, 3.05) is 13.2 Å². The monoisotopic (exact) mass is 336 g/mol. The fraction of sp³-hybridized carbons (Fsp3) is 0.200. The molecule has 0 bridgehead atoms. The molecule has 1 aromatic carbocycles. The second-order valence-electron chi connectivity index (χ2n) is 4.24. The molecule has 0 fully saturated rings. The van der Waals surface area contributed by atoms with E-state index in [1.165, 1.54) is 24.3 Å². The number of benzene rings is 1. The van der Waals surface area contributed by atoms with Gasteiger partial charge in [0.25, 0.3) is 11.8 Å². The first-order valence-corrected chi connectivity index (χ1v) is 6.82. The third-order valence-electron chi connectivity index (χ3n) is 2.44. The fourth-order valence-electron chi connectivity index (χ4n) is 1.41. The molecule has 9 nitrogen and oxygen atoms in total. The molecule has 0 heterocycles. The minimum Gasteiger partial charge on any atom is -0.484 e. The maximum Gasteiger partial charge on any atom is 0.338 e. The third kappa shape index (κ3) is 7.07. The topological polar surface area (TPSA) is 131 Å². The van der Waals surface area contributed by atoms with Crippen molar-refractivity contribution in [3.8, 4) is 5.75 Å². The number of esters is 1. The zero-order chi connectivity index (χ0) is 17.9. The lowest BCUT2D eigenvalue weighted by Crippen LogP contribution is -2.43. The number of carbonyl (C=O) groups is 4. The Hall–Kier alpha value is -3.36. The molecule has 0 aliphatic rings.